The molecule has 156 valence electrons. The van der Waals surface area contributed by atoms with E-state index in [2.05, 4.69) is 20.8 Å². The standard InChI is InChI=1S/C23H35BrN2O2/c1-25(23(27)28-22-14-10-20(24)11-15-22)21-12-8-19(9-13-21)7-3-6-18-26-16-4-2-5-17-26/h10-11,14-15,19,21H,2-9,12-13,16-18H2,1H3/t19-,21-. The van der Waals surface area contributed by atoms with Crippen LogP contribution in [0.15, 0.2) is 28.7 Å². The Hall–Kier alpha value is -1.07. The van der Waals surface area contributed by atoms with Crippen LogP contribution in [0.3, 0.4) is 0 Å². The van der Waals surface area contributed by atoms with Crippen molar-refractivity contribution >= 4 is 22.0 Å². The molecule has 0 atom stereocenters. The number of carbonyl (C=O) groups is 1. The molecule has 1 saturated heterocycles. The van der Waals surface area contributed by atoms with Crippen LogP contribution in [0.4, 0.5) is 4.79 Å². The molecule has 0 bridgehead atoms. The van der Waals surface area contributed by atoms with Gasteiger partial charge in [0, 0.05) is 17.6 Å². The van der Waals surface area contributed by atoms with E-state index in [1.54, 1.807) is 4.90 Å². The lowest BCUT2D eigenvalue weighted by atomic mass is 9.82. The summed E-state index contributed by atoms with van der Waals surface area (Å²) in [6.45, 7) is 3.92. The first-order valence-electron chi connectivity index (χ1n) is 11.0. The second kappa shape index (κ2) is 11.2. The molecule has 0 N–H and O–H groups in total. The molecule has 1 saturated carbocycles. The molecule has 2 aliphatic rings. The fourth-order valence-corrected chi connectivity index (χ4v) is 4.86. The Morgan fingerprint density at radius 3 is 2.43 bits per heavy atom. The maximum atomic E-state index is 12.4. The number of amides is 1. The summed E-state index contributed by atoms with van der Waals surface area (Å²) in [5.74, 6) is 1.44. The van der Waals surface area contributed by atoms with Gasteiger partial charge in [0.15, 0.2) is 0 Å². The van der Waals surface area contributed by atoms with Crippen LogP contribution in [0.25, 0.3) is 0 Å². The Balaban J connectivity index is 1.31. The van der Waals surface area contributed by atoms with Crippen LogP contribution in [0.2, 0.25) is 0 Å². The predicted octanol–water partition coefficient (Wildman–Crippen LogP) is 6.09. The lowest BCUT2D eigenvalue weighted by molar-refractivity contribution is 0.123. The monoisotopic (exact) mass is 450 g/mol. The van der Waals surface area contributed by atoms with Gasteiger partial charge in [-0.3, -0.25) is 0 Å². The number of benzene rings is 1. The number of nitrogens with zero attached hydrogens (tertiary/aromatic N) is 2. The maximum Gasteiger partial charge on any atom is 0.415 e. The topological polar surface area (TPSA) is 32.8 Å². The first kappa shape index (κ1) is 21.6. The fourth-order valence-electron chi connectivity index (χ4n) is 4.60. The van der Waals surface area contributed by atoms with Gasteiger partial charge in [0.2, 0.25) is 0 Å². The Bertz CT molecular complexity index is 593. The summed E-state index contributed by atoms with van der Waals surface area (Å²) in [5.41, 5.74) is 0. The van der Waals surface area contributed by atoms with Crippen molar-refractivity contribution in [3.63, 3.8) is 0 Å². The average molecular weight is 451 g/mol. The molecule has 2 fully saturated rings. The lowest BCUT2D eigenvalue weighted by Gasteiger charge is -2.34. The Labute approximate surface area is 178 Å². The van der Waals surface area contributed by atoms with Gasteiger partial charge < -0.3 is 14.5 Å². The van der Waals surface area contributed by atoms with E-state index in [9.17, 15) is 4.79 Å². The summed E-state index contributed by atoms with van der Waals surface area (Å²) in [6, 6.07) is 7.72. The normalized spacial score (nSPS) is 23.4. The summed E-state index contributed by atoms with van der Waals surface area (Å²) in [6.07, 6.45) is 12.7. The molecule has 0 radical (unpaired) electrons. The first-order valence-corrected chi connectivity index (χ1v) is 11.8. The van der Waals surface area contributed by atoms with Gasteiger partial charge in [-0.05, 0) is 94.8 Å². The second-order valence-corrected chi connectivity index (χ2v) is 9.42. The summed E-state index contributed by atoms with van der Waals surface area (Å²) in [4.78, 5) is 16.9. The first-order chi connectivity index (χ1) is 13.6. The smallest absolute Gasteiger partial charge is 0.410 e. The number of hydrogen-bond donors (Lipinski definition) is 0. The Kier molecular flexibility index (Phi) is 8.66. The summed E-state index contributed by atoms with van der Waals surface area (Å²) >= 11 is 3.40. The zero-order chi connectivity index (χ0) is 19.8. The van der Waals surface area contributed by atoms with Crippen LogP contribution in [-0.2, 0) is 0 Å². The highest BCUT2D eigenvalue weighted by Crippen LogP contribution is 2.31. The summed E-state index contributed by atoms with van der Waals surface area (Å²) in [5, 5.41) is 0. The van der Waals surface area contributed by atoms with Gasteiger partial charge in [-0.15, -0.1) is 0 Å². The van der Waals surface area contributed by atoms with Crippen molar-refractivity contribution in [2.24, 2.45) is 5.92 Å². The van der Waals surface area contributed by atoms with Crippen molar-refractivity contribution < 1.29 is 9.53 Å². The molecule has 0 aromatic heterocycles. The van der Waals surface area contributed by atoms with Gasteiger partial charge in [0.05, 0.1) is 0 Å². The van der Waals surface area contributed by atoms with Gasteiger partial charge in [-0.25, -0.2) is 4.79 Å². The molecule has 1 aromatic carbocycles. The van der Waals surface area contributed by atoms with Crippen LogP contribution >= 0.6 is 15.9 Å². The largest absolute Gasteiger partial charge is 0.415 e. The van der Waals surface area contributed by atoms with Gasteiger partial charge in [0.25, 0.3) is 0 Å². The highest BCUT2D eigenvalue weighted by atomic mass is 79.9. The van der Waals surface area contributed by atoms with Gasteiger partial charge in [0.1, 0.15) is 5.75 Å². The molecule has 0 unspecified atom stereocenters. The minimum absolute atomic E-state index is 0.243. The molecular weight excluding hydrogens is 416 g/mol. The molecule has 1 aliphatic carbocycles. The molecule has 5 heteroatoms. The molecule has 0 spiro atoms. The van der Waals surface area contributed by atoms with Crippen molar-refractivity contribution in [2.45, 2.75) is 70.3 Å². The van der Waals surface area contributed by atoms with E-state index in [4.69, 9.17) is 4.74 Å². The van der Waals surface area contributed by atoms with Crippen molar-refractivity contribution in [3.05, 3.63) is 28.7 Å². The van der Waals surface area contributed by atoms with Crippen molar-refractivity contribution in [2.75, 3.05) is 26.7 Å². The van der Waals surface area contributed by atoms with E-state index < -0.39 is 0 Å². The summed E-state index contributed by atoms with van der Waals surface area (Å²) < 4.78 is 6.49. The minimum atomic E-state index is -0.243. The number of carbonyl (C=O) groups excluding carboxylic acids is 1. The lowest BCUT2D eigenvalue weighted by Crippen LogP contribution is -2.41. The fraction of sp³-hybridized carbons (Fsp3) is 0.696. The molecule has 4 nitrogen and oxygen atoms in total. The third-order valence-electron chi connectivity index (χ3n) is 6.46. The van der Waals surface area contributed by atoms with E-state index in [0.29, 0.717) is 11.8 Å². The van der Waals surface area contributed by atoms with E-state index in [-0.39, 0.29) is 6.09 Å². The third-order valence-corrected chi connectivity index (χ3v) is 6.98. The summed E-state index contributed by atoms with van der Waals surface area (Å²) in [7, 11) is 1.88. The molecule has 1 aromatic rings. The van der Waals surface area contributed by atoms with Crippen molar-refractivity contribution in [1.82, 2.24) is 9.80 Å². The van der Waals surface area contributed by atoms with Gasteiger partial charge in [-0.1, -0.05) is 35.2 Å². The predicted molar refractivity (Wildman–Crippen MR) is 118 cm³/mol. The van der Waals surface area contributed by atoms with Crippen LogP contribution < -0.4 is 4.74 Å². The average Bonchev–Trinajstić information content (AvgIpc) is 2.73. The van der Waals surface area contributed by atoms with E-state index in [1.165, 1.54) is 71.0 Å². The van der Waals surface area contributed by atoms with Crippen LogP contribution in [-0.4, -0.2) is 48.6 Å². The van der Waals surface area contributed by atoms with E-state index in [1.807, 2.05) is 31.3 Å². The SMILES string of the molecule is CN(C(=O)Oc1ccc(Br)cc1)[C@H]1CC[C@H](CCCCN2CCCCC2)CC1. The maximum absolute atomic E-state index is 12.4. The zero-order valence-electron chi connectivity index (χ0n) is 17.2. The van der Waals surface area contributed by atoms with E-state index in [0.717, 1.165) is 23.2 Å². The number of ether oxygens (including phenoxy) is 1. The van der Waals surface area contributed by atoms with Crippen LogP contribution in [0.1, 0.15) is 64.2 Å². The van der Waals surface area contributed by atoms with Crippen LogP contribution in [0.5, 0.6) is 5.75 Å². The second-order valence-electron chi connectivity index (χ2n) is 8.51. The molecule has 1 amide bonds. The minimum Gasteiger partial charge on any atom is -0.410 e. The highest BCUT2D eigenvalue weighted by Gasteiger charge is 2.27. The number of hydrogen-bond acceptors (Lipinski definition) is 3. The number of unbranched alkanes of at least 4 members (excludes halogenated alkanes) is 1. The number of piperidine rings is 1. The molecule has 1 heterocycles. The van der Waals surface area contributed by atoms with Crippen molar-refractivity contribution in [3.8, 4) is 5.75 Å². The molecule has 1 aliphatic heterocycles. The Morgan fingerprint density at radius 1 is 1.07 bits per heavy atom. The number of halogens is 1. The molecular formula is C23H35BrN2O2. The molecule has 3 rings (SSSR count). The quantitative estimate of drug-likeness (QED) is 0.470. The number of rotatable bonds is 7. The number of likely N-dealkylation sites (tertiary alicyclic amines) is 1. The van der Waals surface area contributed by atoms with Crippen LogP contribution in [0, 0.1) is 5.92 Å². The van der Waals surface area contributed by atoms with E-state index >= 15 is 0 Å². The van der Waals surface area contributed by atoms with Gasteiger partial charge in [-0.2, -0.15) is 0 Å². The van der Waals surface area contributed by atoms with Gasteiger partial charge >= 0.3 is 6.09 Å². The zero-order valence-corrected chi connectivity index (χ0v) is 18.8. The highest BCUT2D eigenvalue weighted by molar-refractivity contribution is 9.10. The Morgan fingerprint density at radius 2 is 1.75 bits per heavy atom. The van der Waals surface area contributed by atoms with Crippen molar-refractivity contribution in [1.29, 1.82) is 0 Å². The third kappa shape index (κ3) is 6.77. The molecule has 28 heavy (non-hydrogen) atoms.